The van der Waals surface area contributed by atoms with Gasteiger partial charge in [-0.05, 0) is 43.3 Å². The molecule has 0 aliphatic heterocycles. The first-order valence-corrected chi connectivity index (χ1v) is 7.86. The Morgan fingerprint density at radius 1 is 1.12 bits per heavy atom. The summed E-state index contributed by atoms with van der Waals surface area (Å²) < 4.78 is 10.7. The zero-order chi connectivity index (χ0) is 17.3. The van der Waals surface area contributed by atoms with Crippen molar-refractivity contribution in [2.45, 2.75) is 6.92 Å². The fraction of sp³-hybridized carbons (Fsp3) is 0.111. The van der Waals surface area contributed by atoms with Gasteiger partial charge in [0.15, 0.2) is 5.78 Å². The Morgan fingerprint density at radius 3 is 2.50 bits per heavy atom. The molecule has 6 heteroatoms. The SMILES string of the molecule is CC(=O)COc1ccc2oc(=O)c(-c3c(Cl)cccc3Cl)cc2c1. The molecule has 0 aliphatic rings. The quantitative estimate of drug-likeness (QED) is 0.629. The van der Waals surface area contributed by atoms with Crippen molar-refractivity contribution < 1.29 is 13.9 Å². The molecule has 2 aromatic carbocycles. The van der Waals surface area contributed by atoms with Crippen LogP contribution in [0.15, 0.2) is 51.7 Å². The number of ether oxygens (including phenoxy) is 1. The van der Waals surface area contributed by atoms with Gasteiger partial charge in [-0.3, -0.25) is 4.79 Å². The van der Waals surface area contributed by atoms with Crippen LogP contribution in [0.4, 0.5) is 0 Å². The van der Waals surface area contributed by atoms with Crippen LogP contribution in [0.25, 0.3) is 22.1 Å². The van der Waals surface area contributed by atoms with Gasteiger partial charge in [-0.25, -0.2) is 4.79 Å². The van der Waals surface area contributed by atoms with Gasteiger partial charge < -0.3 is 9.15 Å². The third-order valence-electron chi connectivity index (χ3n) is 3.38. The number of carbonyl (C=O) groups excluding carboxylic acids is 1. The van der Waals surface area contributed by atoms with Gasteiger partial charge >= 0.3 is 5.63 Å². The van der Waals surface area contributed by atoms with Crippen molar-refractivity contribution >= 4 is 40.0 Å². The zero-order valence-electron chi connectivity index (χ0n) is 12.6. The predicted octanol–water partition coefficient (Wildman–Crippen LogP) is 4.73. The second-order valence-corrected chi connectivity index (χ2v) is 6.05. The number of rotatable bonds is 4. The van der Waals surface area contributed by atoms with Crippen LogP contribution in [0, 0.1) is 0 Å². The highest BCUT2D eigenvalue weighted by atomic mass is 35.5. The fourth-order valence-corrected chi connectivity index (χ4v) is 2.91. The van der Waals surface area contributed by atoms with E-state index in [1.54, 1.807) is 42.5 Å². The first kappa shape index (κ1) is 16.6. The first-order chi connectivity index (χ1) is 11.5. The third kappa shape index (κ3) is 3.30. The van der Waals surface area contributed by atoms with E-state index < -0.39 is 5.63 Å². The number of benzene rings is 2. The lowest BCUT2D eigenvalue weighted by molar-refractivity contribution is -0.118. The van der Waals surface area contributed by atoms with E-state index in [0.717, 1.165) is 0 Å². The Bertz CT molecular complexity index is 972. The van der Waals surface area contributed by atoms with Crippen LogP contribution in [-0.2, 0) is 4.79 Å². The molecule has 0 bridgehead atoms. The molecule has 24 heavy (non-hydrogen) atoms. The van der Waals surface area contributed by atoms with Crippen LogP contribution in [0.3, 0.4) is 0 Å². The van der Waals surface area contributed by atoms with Crippen LogP contribution in [0.5, 0.6) is 5.75 Å². The summed E-state index contributed by atoms with van der Waals surface area (Å²) in [6.07, 6.45) is 0. The first-order valence-electron chi connectivity index (χ1n) is 7.10. The molecule has 0 saturated heterocycles. The van der Waals surface area contributed by atoms with Gasteiger partial charge in [-0.15, -0.1) is 0 Å². The van der Waals surface area contributed by atoms with Gasteiger partial charge in [0, 0.05) is 10.9 Å². The molecule has 0 aliphatic carbocycles. The molecule has 0 saturated carbocycles. The number of fused-ring (bicyclic) bond motifs is 1. The molecule has 0 unspecified atom stereocenters. The van der Waals surface area contributed by atoms with E-state index in [9.17, 15) is 9.59 Å². The highest BCUT2D eigenvalue weighted by Gasteiger charge is 2.14. The topological polar surface area (TPSA) is 56.5 Å². The van der Waals surface area contributed by atoms with E-state index >= 15 is 0 Å². The summed E-state index contributed by atoms with van der Waals surface area (Å²) in [4.78, 5) is 23.3. The number of hydrogen-bond donors (Lipinski definition) is 0. The van der Waals surface area contributed by atoms with Crippen molar-refractivity contribution in [1.82, 2.24) is 0 Å². The van der Waals surface area contributed by atoms with Gasteiger partial charge in [0.2, 0.25) is 0 Å². The Hall–Kier alpha value is -2.30. The summed E-state index contributed by atoms with van der Waals surface area (Å²) in [6.45, 7) is 1.42. The minimum Gasteiger partial charge on any atom is -0.486 e. The number of halogens is 2. The molecular weight excluding hydrogens is 351 g/mol. The number of ketones is 1. The van der Waals surface area contributed by atoms with Gasteiger partial charge in [0.05, 0.1) is 15.6 Å². The smallest absolute Gasteiger partial charge is 0.344 e. The Balaban J connectivity index is 2.14. The lowest BCUT2D eigenvalue weighted by atomic mass is 10.1. The summed E-state index contributed by atoms with van der Waals surface area (Å²) in [5.41, 5.74) is 0.561. The van der Waals surface area contributed by atoms with Crippen molar-refractivity contribution in [2.24, 2.45) is 0 Å². The fourth-order valence-electron chi connectivity index (χ4n) is 2.31. The van der Waals surface area contributed by atoms with Crippen molar-refractivity contribution in [3.8, 4) is 16.9 Å². The van der Waals surface area contributed by atoms with Gasteiger partial charge in [-0.1, -0.05) is 29.3 Å². The van der Waals surface area contributed by atoms with E-state index in [4.69, 9.17) is 32.4 Å². The van der Waals surface area contributed by atoms with E-state index in [1.165, 1.54) is 6.92 Å². The molecule has 3 aromatic rings. The number of hydrogen-bond acceptors (Lipinski definition) is 4. The predicted molar refractivity (Wildman–Crippen MR) is 94.1 cm³/mol. The van der Waals surface area contributed by atoms with E-state index in [1.807, 2.05) is 0 Å². The summed E-state index contributed by atoms with van der Waals surface area (Å²) in [5.74, 6) is 0.418. The minimum atomic E-state index is -0.532. The summed E-state index contributed by atoms with van der Waals surface area (Å²) in [7, 11) is 0. The van der Waals surface area contributed by atoms with Crippen LogP contribution >= 0.6 is 23.2 Å². The number of Topliss-reactive ketones (excluding diaryl/α,β-unsaturated/α-hetero) is 1. The van der Waals surface area contributed by atoms with Crippen LogP contribution in [0.2, 0.25) is 10.0 Å². The highest BCUT2D eigenvalue weighted by molar-refractivity contribution is 6.39. The lowest BCUT2D eigenvalue weighted by Crippen LogP contribution is -2.07. The Labute approximate surface area is 147 Å². The maximum absolute atomic E-state index is 12.3. The minimum absolute atomic E-state index is 0.0223. The second-order valence-electron chi connectivity index (χ2n) is 5.23. The average molecular weight is 363 g/mol. The van der Waals surface area contributed by atoms with E-state index in [-0.39, 0.29) is 18.0 Å². The molecule has 0 spiro atoms. The number of carbonyl (C=O) groups is 1. The molecule has 0 atom stereocenters. The monoisotopic (exact) mass is 362 g/mol. The Morgan fingerprint density at radius 2 is 1.83 bits per heavy atom. The normalized spacial score (nSPS) is 10.8. The van der Waals surface area contributed by atoms with E-state index in [0.29, 0.717) is 32.3 Å². The standard InChI is InChI=1S/C18H12Cl2O4/c1-10(21)9-23-12-5-6-16-11(7-12)8-13(18(22)24-16)17-14(19)3-2-4-15(17)20/h2-8H,9H2,1H3. The maximum Gasteiger partial charge on any atom is 0.344 e. The maximum atomic E-state index is 12.3. The molecule has 122 valence electrons. The second kappa shape index (κ2) is 6.67. The summed E-state index contributed by atoms with van der Waals surface area (Å²) in [6, 6.07) is 11.6. The van der Waals surface area contributed by atoms with Crippen molar-refractivity contribution in [1.29, 1.82) is 0 Å². The van der Waals surface area contributed by atoms with E-state index in [2.05, 4.69) is 0 Å². The molecule has 1 aromatic heterocycles. The van der Waals surface area contributed by atoms with Gasteiger partial charge in [0.1, 0.15) is 17.9 Å². The van der Waals surface area contributed by atoms with Gasteiger partial charge in [-0.2, -0.15) is 0 Å². The van der Waals surface area contributed by atoms with Crippen LogP contribution in [0.1, 0.15) is 6.92 Å². The lowest BCUT2D eigenvalue weighted by Gasteiger charge is -2.08. The average Bonchev–Trinajstić information content (AvgIpc) is 2.53. The molecule has 0 N–H and O–H groups in total. The highest BCUT2D eigenvalue weighted by Crippen LogP contribution is 2.34. The molecule has 1 heterocycles. The third-order valence-corrected chi connectivity index (χ3v) is 4.01. The van der Waals surface area contributed by atoms with Crippen molar-refractivity contribution in [2.75, 3.05) is 6.61 Å². The molecule has 0 amide bonds. The molecule has 4 nitrogen and oxygen atoms in total. The Kier molecular flexibility index (Phi) is 4.60. The molecular formula is C18H12Cl2O4. The van der Waals surface area contributed by atoms with Crippen molar-refractivity contribution in [3.63, 3.8) is 0 Å². The largest absolute Gasteiger partial charge is 0.486 e. The van der Waals surface area contributed by atoms with Crippen molar-refractivity contribution in [3.05, 3.63) is 62.9 Å². The van der Waals surface area contributed by atoms with Crippen LogP contribution in [-0.4, -0.2) is 12.4 Å². The van der Waals surface area contributed by atoms with Crippen LogP contribution < -0.4 is 10.4 Å². The zero-order valence-corrected chi connectivity index (χ0v) is 14.1. The molecule has 0 radical (unpaired) electrons. The molecule has 3 rings (SSSR count). The summed E-state index contributed by atoms with van der Waals surface area (Å²) >= 11 is 12.4. The van der Waals surface area contributed by atoms with Gasteiger partial charge in [0.25, 0.3) is 0 Å². The molecule has 0 fully saturated rings. The summed E-state index contributed by atoms with van der Waals surface area (Å²) in [5, 5.41) is 1.36.